The zero-order chi connectivity index (χ0) is 16.9. The topological polar surface area (TPSA) is 51.2 Å². The summed E-state index contributed by atoms with van der Waals surface area (Å²) in [6, 6.07) is 13.5. The van der Waals surface area contributed by atoms with Crippen molar-refractivity contribution >= 4 is 22.9 Å². The highest BCUT2D eigenvalue weighted by molar-refractivity contribution is 7.13. The number of carbonyl (C=O) groups is 1. The van der Waals surface area contributed by atoms with E-state index in [0.29, 0.717) is 6.61 Å². The van der Waals surface area contributed by atoms with E-state index in [9.17, 15) is 9.18 Å². The van der Waals surface area contributed by atoms with Crippen molar-refractivity contribution in [2.45, 2.75) is 6.92 Å². The van der Waals surface area contributed by atoms with Crippen LogP contribution in [0.1, 0.15) is 17.4 Å². The third-order valence-electron chi connectivity index (χ3n) is 3.27. The Morgan fingerprint density at radius 3 is 2.67 bits per heavy atom. The van der Waals surface area contributed by atoms with Gasteiger partial charge in [-0.25, -0.2) is 9.37 Å². The van der Waals surface area contributed by atoms with E-state index >= 15 is 0 Å². The summed E-state index contributed by atoms with van der Waals surface area (Å²) in [6.07, 6.45) is 0. The number of ether oxygens (including phenoxy) is 1. The minimum Gasteiger partial charge on any atom is -0.494 e. The molecule has 0 aliphatic heterocycles. The molecule has 0 bridgehead atoms. The number of hydrogen-bond acceptors (Lipinski definition) is 4. The molecule has 1 amide bonds. The molecule has 1 aromatic heterocycles. The molecule has 3 aromatic rings. The first-order valence-corrected chi connectivity index (χ1v) is 8.30. The summed E-state index contributed by atoms with van der Waals surface area (Å²) in [5.41, 5.74) is 1.29. The smallest absolute Gasteiger partial charge is 0.275 e. The van der Waals surface area contributed by atoms with Crippen molar-refractivity contribution in [2.24, 2.45) is 0 Å². The van der Waals surface area contributed by atoms with Gasteiger partial charge in [0.2, 0.25) is 0 Å². The number of nitrogens with zero attached hydrogens (tertiary/aromatic N) is 1. The van der Waals surface area contributed by atoms with Crippen LogP contribution in [0, 0.1) is 5.82 Å². The zero-order valence-corrected chi connectivity index (χ0v) is 13.8. The molecule has 0 spiro atoms. The van der Waals surface area contributed by atoms with Crippen LogP contribution < -0.4 is 10.1 Å². The van der Waals surface area contributed by atoms with Gasteiger partial charge in [0.1, 0.15) is 22.3 Å². The van der Waals surface area contributed by atoms with Crippen LogP contribution in [-0.2, 0) is 0 Å². The van der Waals surface area contributed by atoms with E-state index in [1.165, 1.54) is 23.5 Å². The summed E-state index contributed by atoms with van der Waals surface area (Å²) in [4.78, 5) is 16.5. The maximum absolute atomic E-state index is 13.6. The zero-order valence-electron chi connectivity index (χ0n) is 13.0. The molecule has 1 N–H and O–H groups in total. The molecule has 1 heterocycles. The van der Waals surface area contributed by atoms with Crippen LogP contribution in [0.2, 0.25) is 0 Å². The molecule has 3 rings (SSSR count). The highest BCUT2D eigenvalue weighted by Crippen LogP contribution is 2.26. The first-order valence-electron chi connectivity index (χ1n) is 7.42. The van der Waals surface area contributed by atoms with Gasteiger partial charge < -0.3 is 10.1 Å². The summed E-state index contributed by atoms with van der Waals surface area (Å²) in [7, 11) is 0. The third-order valence-corrected chi connectivity index (χ3v) is 4.16. The Labute approximate surface area is 142 Å². The van der Waals surface area contributed by atoms with Gasteiger partial charge in [-0.05, 0) is 43.3 Å². The Hall–Kier alpha value is -2.73. The Kier molecular flexibility index (Phi) is 4.86. The quantitative estimate of drug-likeness (QED) is 0.737. The minimum absolute atomic E-state index is 0.137. The molecule has 0 radical (unpaired) electrons. The van der Waals surface area contributed by atoms with E-state index in [4.69, 9.17) is 4.74 Å². The van der Waals surface area contributed by atoms with Gasteiger partial charge in [-0.15, -0.1) is 11.3 Å². The van der Waals surface area contributed by atoms with Crippen LogP contribution >= 0.6 is 11.3 Å². The van der Waals surface area contributed by atoms with Crippen LogP contribution in [0.15, 0.2) is 53.9 Å². The molecule has 0 aliphatic carbocycles. The number of thiazole rings is 1. The Bertz CT molecular complexity index is 846. The number of benzene rings is 2. The summed E-state index contributed by atoms with van der Waals surface area (Å²) >= 11 is 1.36. The second kappa shape index (κ2) is 7.23. The van der Waals surface area contributed by atoms with Crippen molar-refractivity contribution in [2.75, 3.05) is 11.9 Å². The molecule has 2 aromatic carbocycles. The maximum Gasteiger partial charge on any atom is 0.275 e. The second-order valence-corrected chi connectivity index (χ2v) is 5.79. The molecular formula is C18H15FN2O2S. The predicted octanol–water partition coefficient (Wildman–Crippen LogP) is 4.60. The van der Waals surface area contributed by atoms with Crippen molar-refractivity contribution in [3.8, 4) is 16.3 Å². The van der Waals surface area contributed by atoms with Crippen molar-refractivity contribution in [1.29, 1.82) is 0 Å². The van der Waals surface area contributed by atoms with E-state index < -0.39 is 11.7 Å². The lowest BCUT2D eigenvalue weighted by Crippen LogP contribution is -2.13. The molecular weight excluding hydrogens is 327 g/mol. The Morgan fingerprint density at radius 1 is 1.21 bits per heavy atom. The first-order chi connectivity index (χ1) is 11.7. The highest BCUT2D eigenvalue weighted by atomic mass is 32.1. The van der Waals surface area contributed by atoms with Crippen LogP contribution in [0.4, 0.5) is 10.1 Å². The first kappa shape index (κ1) is 16.1. The molecule has 6 heteroatoms. The second-order valence-electron chi connectivity index (χ2n) is 4.93. The average molecular weight is 342 g/mol. The number of aromatic nitrogens is 1. The lowest BCUT2D eigenvalue weighted by molar-refractivity contribution is 0.102. The fourth-order valence-corrected chi connectivity index (χ4v) is 2.93. The number of nitrogens with one attached hydrogen (secondary N) is 1. The molecule has 122 valence electrons. The molecule has 0 aliphatic rings. The number of rotatable bonds is 5. The van der Waals surface area contributed by atoms with Crippen LogP contribution in [0.5, 0.6) is 5.75 Å². The molecule has 0 saturated heterocycles. The SMILES string of the molecule is CCOc1ccc(-c2nc(C(=O)Nc3ccccc3F)cs2)cc1. The lowest BCUT2D eigenvalue weighted by Gasteiger charge is -2.04. The molecule has 0 saturated carbocycles. The van der Waals surface area contributed by atoms with Crippen LogP contribution in [0.3, 0.4) is 0 Å². The van der Waals surface area contributed by atoms with Crippen LogP contribution in [0.25, 0.3) is 10.6 Å². The van der Waals surface area contributed by atoms with Crippen molar-refractivity contribution < 1.29 is 13.9 Å². The number of amides is 1. The number of hydrogen-bond donors (Lipinski definition) is 1. The summed E-state index contributed by atoms with van der Waals surface area (Å²) in [5.74, 6) is -0.128. The Morgan fingerprint density at radius 2 is 1.96 bits per heavy atom. The van der Waals surface area contributed by atoms with Crippen molar-refractivity contribution in [1.82, 2.24) is 4.98 Å². The van der Waals surface area contributed by atoms with Gasteiger partial charge in [-0.3, -0.25) is 4.79 Å². The van der Waals surface area contributed by atoms with E-state index in [1.54, 1.807) is 17.5 Å². The standard InChI is InChI=1S/C18H15FN2O2S/c1-2-23-13-9-7-12(8-10-13)18-21-16(11-24-18)17(22)20-15-6-4-3-5-14(15)19/h3-11H,2H2,1H3,(H,20,22). The maximum atomic E-state index is 13.6. The van der Waals surface area contributed by atoms with Crippen LogP contribution in [-0.4, -0.2) is 17.5 Å². The van der Waals surface area contributed by atoms with Gasteiger partial charge in [-0.1, -0.05) is 12.1 Å². The van der Waals surface area contributed by atoms with Gasteiger partial charge >= 0.3 is 0 Å². The van der Waals surface area contributed by atoms with Gasteiger partial charge in [0, 0.05) is 10.9 Å². The van der Waals surface area contributed by atoms with E-state index in [0.717, 1.165) is 16.3 Å². The number of halogens is 1. The fraction of sp³-hybridized carbons (Fsp3) is 0.111. The fourth-order valence-electron chi connectivity index (χ4n) is 2.12. The molecule has 0 unspecified atom stereocenters. The summed E-state index contributed by atoms with van der Waals surface area (Å²) < 4.78 is 19.0. The number of carbonyl (C=O) groups excluding carboxylic acids is 1. The highest BCUT2D eigenvalue weighted by Gasteiger charge is 2.13. The van der Waals surface area contributed by atoms with Gasteiger partial charge in [0.25, 0.3) is 5.91 Å². The molecule has 4 nitrogen and oxygen atoms in total. The van der Waals surface area contributed by atoms with Crippen molar-refractivity contribution in [3.63, 3.8) is 0 Å². The lowest BCUT2D eigenvalue weighted by atomic mass is 10.2. The van der Waals surface area contributed by atoms with Gasteiger partial charge in [-0.2, -0.15) is 0 Å². The minimum atomic E-state index is -0.479. The molecule has 24 heavy (non-hydrogen) atoms. The van der Waals surface area contributed by atoms with E-state index in [-0.39, 0.29) is 11.4 Å². The van der Waals surface area contributed by atoms with Gasteiger partial charge in [0.15, 0.2) is 0 Å². The van der Waals surface area contributed by atoms with Crippen molar-refractivity contribution in [3.05, 3.63) is 65.4 Å². The largest absolute Gasteiger partial charge is 0.494 e. The predicted molar refractivity (Wildman–Crippen MR) is 93.1 cm³/mol. The molecule has 0 fully saturated rings. The Balaban J connectivity index is 1.75. The normalized spacial score (nSPS) is 10.4. The number of para-hydroxylation sites is 1. The molecule has 0 atom stereocenters. The summed E-state index contributed by atoms with van der Waals surface area (Å²) in [5, 5.41) is 4.90. The number of anilines is 1. The average Bonchev–Trinajstić information content (AvgIpc) is 3.08. The monoisotopic (exact) mass is 342 g/mol. The summed E-state index contributed by atoms with van der Waals surface area (Å²) in [6.45, 7) is 2.53. The van der Waals surface area contributed by atoms with E-state index in [1.807, 2.05) is 31.2 Å². The third kappa shape index (κ3) is 3.60. The van der Waals surface area contributed by atoms with E-state index in [2.05, 4.69) is 10.3 Å². The van der Waals surface area contributed by atoms with Gasteiger partial charge in [0.05, 0.1) is 12.3 Å².